The summed E-state index contributed by atoms with van der Waals surface area (Å²) in [6.45, 7) is 2.80. The van der Waals surface area contributed by atoms with E-state index in [0.29, 0.717) is 12.2 Å². The molecule has 0 bridgehead atoms. The molecule has 24 heavy (non-hydrogen) atoms. The van der Waals surface area contributed by atoms with E-state index in [-0.39, 0.29) is 18.0 Å². The van der Waals surface area contributed by atoms with Crippen LogP contribution in [0.4, 0.5) is 4.39 Å². The van der Waals surface area contributed by atoms with Crippen LogP contribution >= 0.6 is 0 Å². The Kier molecular flexibility index (Phi) is 5.60. The number of ether oxygens (including phenoxy) is 1. The maximum Gasteiger partial charge on any atom is 0.124 e. The Morgan fingerprint density at radius 3 is 2.75 bits per heavy atom. The third-order valence-electron chi connectivity index (χ3n) is 4.06. The van der Waals surface area contributed by atoms with Gasteiger partial charge in [-0.3, -0.25) is 4.90 Å². The quantitative estimate of drug-likeness (QED) is 0.878. The Morgan fingerprint density at radius 1 is 1.12 bits per heavy atom. The van der Waals surface area contributed by atoms with Gasteiger partial charge in [-0.25, -0.2) is 4.39 Å². The van der Waals surface area contributed by atoms with Crippen LogP contribution in [-0.2, 0) is 11.3 Å². The zero-order valence-electron chi connectivity index (χ0n) is 13.5. The molecule has 0 spiro atoms. The SMILES string of the molecule is N[C@@H]1CN(Cc2ccccc2)C[C@H]1OCC#Cc1cccc(F)c1. The highest BCUT2D eigenvalue weighted by Gasteiger charge is 2.30. The molecule has 2 N–H and O–H groups in total. The molecule has 3 rings (SSSR count). The topological polar surface area (TPSA) is 38.5 Å². The molecule has 0 aliphatic carbocycles. The van der Waals surface area contributed by atoms with Crippen LogP contribution in [0.3, 0.4) is 0 Å². The van der Waals surface area contributed by atoms with Crippen molar-refractivity contribution in [2.75, 3.05) is 19.7 Å². The Labute approximate surface area is 142 Å². The van der Waals surface area contributed by atoms with Crippen molar-refractivity contribution in [3.63, 3.8) is 0 Å². The molecule has 2 atom stereocenters. The highest BCUT2D eigenvalue weighted by Crippen LogP contribution is 2.15. The average Bonchev–Trinajstić information content (AvgIpc) is 2.92. The number of nitrogens with zero attached hydrogens (tertiary/aromatic N) is 1. The molecule has 1 aliphatic rings. The zero-order chi connectivity index (χ0) is 16.8. The summed E-state index contributed by atoms with van der Waals surface area (Å²) in [5.41, 5.74) is 8.10. The van der Waals surface area contributed by atoms with Crippen molar-refractivity contribution in [1.82, 2.24) is 4.90 Å². The van der Waals surface area contributed by atoms with Gasteiger partial charge >= 0.3 is 0 Å². The number of nitrogens with two attached hydrogens (primary N) is 1. The molecule has 3 nitrogen and oxygen atoms in total. The first-order chi connectivity index (χ1) is 11.7. The Morgan fingerprint density at radius 2 is 1.96 bits per heavy atom. The van der Waals surface area contributed by atoms with E-state index in [1.54, 1.807) is 12.1 Å². The lowest BCUT2D eigenvalue weighted by atomic mass is 10.2. The zero-order valence-corrected chi connectivity index (χ0v) is 13.5. The van der Waals surface area contributed by atoms with E-state index >= 15 is 0 Å². The largest absolute Gasteiger partial charge is 0.363 e. The van der Waals surface area contributed by atoms with Crippen molar-refractivity contribution in [3.05, 3.63) is 71.5 Å². The lowest BCUT2D eigenvalue weighted by molar-refractivity contribution is 0.0742. The van der Waals surface area contributed by atoms with E-state index in [4.69, 9.17) is 10.5 Å². The number of benzene rings is 2. The second-order valence-corrected chi connectivity index (χ2v) is 6.01. The van der Waals surface area contributed by atoms with Crippen LogP contribution in [0.2, 0.25) is 0 Å². The average molecular weight is 324 g/mol. The fourth-order valence-electron chi connectivity index (χ4n) is 2.88. The molecule has 1 saturated heterocycles. The molecule has 1 aliphatic heterocycles. The highest BCUT2D eigenvalue weighted by molar-refractivity contribution is 5.34. The molecule has 2 aromatic carbocycles. The van der Waals surface area contributed by atoms with Crippen molar-refractivity contribution in [2.24, 2.45) is 5.73 Å². The van der Waals surface area contributed by atoms with Gasteiger partial charge in [0.2, 0.25) is 0 Å². The third kappa shape index (κ3) is 4.65. The van der Waals surface area contributed by atoms with Gasteiger partial charge in [-0.1, -0.05) is 48.2 Å². The van der Waals surface area contributed by atoms with Crippen LogP contribution in [-0.4, -0.2) is 36.7 Å². The molecule has 2 aromatic rings. The molecule has 0 aromatic heterocycles. The van der Waals surface area contributed by atoms with Crippen LogP contribution < -0.4 is 5.73 Å². The minimum Gasteiger partial charge on any atom is -0.363 e. The monoisotopic (exact) mass is 324 g/mol. The lowest BCUT2D eigenvalue weighted by Gasteiger charge is -2.15. The van der Waals surface area contributed by atoms with E-state index in [9.17, 15) is 4.39 Å². The number of rotatable bonds is 4. The summed E-state index contributed by atoms with van der Waals surface area (Å²) in [6.07, 6.45) is -0.0180. The molecule has 0 amide bonds. The molecular weight excluding hydrogens is 303 g/mol. The molecule has 1 fully saturated rings. The summed E-state index contributed by atoms with van der Waals surface area (Å²) in [5, 5.41) is 0. The van der Waals surface area contributed by atoms with Crippen LogP contribution in [0.5, 0.6) is 0 Å². The van der Waals surface area contributed by atoms with E-state index in [1.165, 1.54) is 17.7 Å². The number of halogens is 1. The molecule has 1 heterocycles. The predicted molar refractivity (Wildman–Crippen MR) is 92.7 cm³/mol. The third-order valence-corrected chi connectivity index (χ3v) is 4.06. The number of likely N-dealkylation sites (tertiary alicyclic amines) is 1. The van der Waals surface area contributed by atoms with Gasteiger partial charge in [0.1, 0.15) is 12.4 Å². The van der Waals surface area contributed by atoms with Gasteiger partial charge in [0.25, 0.3) is 0 Å². The standard InChI is InChI=1S/C20H21FN2O/c21-18-10-4-8-16(12-18)9-5-11-24-20-15-23(14-19(20)22)13-17-6-2-1-3-7-17/h1-4,6-8,10,12,19-20H,11,13-15,22H2/t19-,20-/m1/s1. The summed E-state index contributed by atoms with van der Waals surface area (Å²) >= 11 is 0. The highest BCUT2D eigenvalue weighted by atomic mass is 19.1. The Hall–Kier alpha value is -2.19. The summed E-state index contributed by atoms with van der Waals surface area (Å²) in [4.78, 5) is 2.30. The minimum absolute atomic E-state index is 0.00955. The van der Waals surface area contributed by atoms with Crippen LogP contribution in [0.1, 0.15) is 11.1 Å². The van der Waals surface area contributed by atoms with Crippen LogP contribution in [0.15, 0.2) is 54.6 Å². The van der Waals surface area contributed by atoms with Gasteiger partial charge < -0.3 is 10.5 Å². The van der Waals surface area contributed by atoms with Crippen LogP contribution in [0.25, 0.3) is 0 Å². The summed E-state index contributed by atoms with van der Waals surface area (Å²) < 4.78 is 18.9. The van der Waals surface area contributed by atoms with Crippen molar-refractivity contribution < 1.29 is 9.13 Å². The molecular formula is C20H21FN2O. The lowest BCUT2D eigenvalue weighted by Crippen LogP contribution is -2.35. The van der Waals surface area contributed by atoms with Gasteiger partial charge in [0, 0.05) is 31.2 Å². The van der Waals surface area contributed by atoms with E-state index in [2.05, 4.69) is 28.9 Å². The maximum atomic E-state index is 13.1. The maximum absolute atomic E-state index is 13.1. The normalized spacial score (nSPS) is 20.6. The van der Waals surface area contributed by atoms with Gasteiger partial charge in [-0.2, -0.15) is 0 Å². The fraction of sp³-hybridized carbons (Fsp3) is 0.300. The summed E-state index contributed by atoms with van der Waals surface area (Å²) in [5.74, 6) is 5.55. The van der Waals surface area contributed by atoms with Crippen molar-refractivity contribution in [3.8, 4) is 11.8 Å². The summed E-state index contributed by atoms with van der Waals surface area (Å²) in [7, 11) is 0. The van der Waals surface area contributed by atoms with Gasteiger partial charge in [0.15, 0.2) is 0 Å². The van der Waals surface area contributed by atoms with E-state index in [0.717, 1.165) is 19.6 Å². The van der Waals surface area contributed by atoms with Gasteiger partial charge in [0.05, 0.1) is 6.10 Å². The van der Waals surface area contributed by atoms with E-state index < -0.39 is 0 Å². The first-order valence-electron chi connectivity index (χ1n) is 8.08. The predicted octanol–water partition coefficient (Wildman–Crippen LogP) is 2.41. The Balaban J connectivity index is 1.48. The molecule has 0 saturated carbocycles. The second-order valence-electron chi connectivity index (χ2n) is 6.01. The summed E-state index contributed by atoms with van der Waals surface area (Å²) in [6, 6.07) is 16.6. The minimum atomic E-state index is -0.280. The second kappa shape index (κ2) is 8.07. The molecule has 4 heteroatoms. The van der Waals surface area contributed by atoms with Gasteiger partial charge in [-0.15, -0.1) is 0 Å². The first kappa shape index (κ1) is 16.7. The smallest absolute Gasteiger partial charge is 0.124 e. The van der Waals surface area contributed by atoms with E-state index in [1.807, 2.05) is 18.2 Å². The first-order valence-corrected chi connectivity index (χ1v) is 8.08. The Bertz CT molecular complexity index is 723. The molecule has 0 radical (unpaired) electrons. The van der Waals surface area contributed by atoms with Crippen molar-refractivity contribution in [2.45, 2.75) is 18.7 Å². The molecule has 124 valence electrons. The number of hydrogen-bond acceptors (Lipinski definition) is 3. The van der Waals surface area contributed by atoms with Gasteiger partial charge in [-0.05, 0) is 23.8 Å². The van der Waals surface area contributed by atoms with Crippen LogP contribution in [0, 0.1) is 17.7 Å². The van der Waals surface area contributed by atoms with Crippen molar-refractivity contribution >= 4 is 0 Å². The number of hydrogen-bond donors (Lipinski definition) is 1. The molecule has 0 unspecified atom stereocenters. The fourth-order valence-corrected chi connectivity index (χ4v) is 2.88. The van der Waals surface area contributed by atoms with Crippen molar-refractivity contribution in [1.29, 1.82) is 0 Å².